The molecule has 2 aliphatic heterocycles. The Hall–Kier alpha value is -1.46. The molecule has 0 aromatic heterocycles. The lowest BCUT2D eigenvalue weighted by Crippen LogP contribution is -2.50. The standard InChI is InChI=1S/C13H15FN2O2/c14-10-4-2-1-3-9(10)5-16-6-11-12(7-16)18-8-13(17)15-11/h1-4,11-12H,5-8H2,(H,15,17)/t11-,12-/m1/s1. The van der Waals surface area contributed by atoms with Crippen molar-refractivity contribution in [3.05, 3.63) is 35.6 Å². The summed E-state index contributed by atoms with van der Waals surface area (Å²) in [7, 11) is 0. The summed E-state index contributed by atoms with van der Waals surface area (Å²) >= 11 is 0. The molecule has 2 heterocycles. The van der Waals surface area contributed by atoms with Crippen LogP contribution in [0.25, 0.3) is 0 Å². The number of hydrogen-bond donors (Lipinski definition) is 1. The Balaban J connectivity index is 1.66. The van der Waals surface area contributed by atoms with E-state index in [1.807, 2.05) is 6.07 Å². The van der Waals surface area contributed by atoms with E-state index in [1.54, 1.807) is 12.1 Å². The van der Waals surface area contributed by atoms with Crippen LogP contribution in [0, 0.1) is 5.82 Å². The normalized spacial score (nSPS) is 27.9. The van der Waals surface area contributed by atoms with Gasteiger partial charge in [0.25, 0.3) is 0 Å². The first-order valence-electron chi connectivity index (χ1n) is 6.09. The average Bonchev–Trinajstić information content (AvgIpc) is 2.73. The molecule has 2 saturated heterocycles. The van der Waals surface area contributed by atoms with Gasteiger partial charge in [0.05, 0.1) is 12.1 Å². The van der Waals surface area contributed by atoms with E-state index in [1.165, 1.54) is 6.07 Å². The van der Waals surface area contributed by atoms with Gasteiger partial charge in [-0.15, -0.1) is 0 Å². The van der Waals surface area contributed by atoms with Gasteiger partial charge in [-0.1, -0.05) is 18.2 Å². The van der Waals surface area contributed by atoms with Crippen LogP contribution in [0.5, 0.6) is 0 Å². The number of hydrogen-bond acceptors (Lipinski definition) is 3. The van der Waals surface area contributed by atoms with Crippen LogP contribution in [0.4, 0.5) is 4.39 Å². The number of nitrogens with zero attached hydrogens (tertiary/aromatic N) is 1. The van der Waals surface area contributed by atoms with Crippen LogP contribution in [-0.2, 0) is 16.1 Å². The van der Waals surface area contributed by atoms with E-state index < -0.39 is 0 Å². The fourth-order valence-corrected chi connectivity index (χ4v) is 2.59. The fourth-order valence-electron chi connectivity index (χ4n) is 2.59. The van der Waals surface area contributed by atoms with E-state index >= 15 is 0 Å². The zero-order chi connectivity index (χ0) is 12.5. The zero-order valence-corrected chi connectivity index (χ0v) is 9.93. The molecule has 0 saturated carbocycles. The second-order valence-electron chi connectivity index (χ2n) is 4.81. The highest BCUT2D eigenvalue weighted by atomic mass is 19.1. The van der Waals surface area contributed by atoms with E-state index in [2.05, 4.69) is 10.2 Å². The minimum atomic E-state index is -0.183. The van der Waals surface area contributed by atoms with Crippen LogP contribution < -0.4 is 5.32 Å². The predicted octanol–water partition coefficient (Wildman–Crippen LogP) is 0.525. The number of amides is 1. The van der Waals surface area contributed by atoms with Crippen molar-refractivity contribution >= 4 is 5.91 Å². The van der Waals surface area contributed by atoms with Crippen LogP contribution in [0.15, 0.2) is 24.3 Å². The summed E-state index contributed by atoms with van der Waals surface area (Å²) in [6, 6.07) is 6.82. The molecule has 96 valence electrons. The number of carbonyl (C=O) groups excluding carboxylic acids is 1. The van der Waals surface area contributed by atoms with Gasteiger partial charge in [-0.3, -0.25) is 9.69 Å². The smallest absolute Gasteiger partial charge is 0.246 e. The van der Waals surface area contributed by atoms with Gasteiger partial charge < -0.3 is 10.1 Å². The predicted molar refractivity (Wildman–Crippen MR) is 63.3 cm³/mol. The van der Waals surface area contributed by atoms with Crippen LogP contribution in [0.3, 0.4) is 0 Å². The second kappa shape index (κ2) is 4.66. The molecular weight excluding hydrogens is 235 g/mol. The van der Waals surface area contributed by atoms with E-state index in [9.17, 15) is 9.18 Å². The first-order chi connectivity index (χ1) is 8.72. The number of rotatable bonds is 2. The van der Waals surface area contributed by atoms with E-state index in [0.717, 1.165) is 6.54 Å². The molecule has 3 rings (SSSR count). The average molecular weight is 250 g/mol. The molecule has 0 radical (unpaired) electrons. The lowest BCUT2D eigenvalue weighted by atomic mass is 10.2. The Morgan fingerprint density at radius 2 is 2.22 bits per heavy atom. The third kappa shape index (κ3) is 2.23. The quantitative estimate of drug-likeness (QED) is 0.832. The van der Waals surface area contributed by atoms with Crippen molar-refractivity contribution in [2.45, 2.75) is 18.7 Å². The number of halogens is 1. The molecule has 0 bridgehead atoms. The molecule has 0 spiro atoms. The number of fused-ring (bicyclic) bond motifs is 1. The Labute approximate surface area is 105 Å². The maximum absolute atomic E-state index is 13.5. The SMILES string of the molecule is O=C1CO[C@@H]2CN(Cc3ccccc3F)C[C@H]2N1. The van der Waals surface area contributed by atoms with E-state index in [-0.39, 0.29) is 30.5 Å². The van der Waals surface area contributed by atoms with Gasteiger partial charge in [0.1, 0.15) is 12.4 Å². The molecule has 0 aliphatic carbocycles. The summed E-state index contributed by atoms with van der Waals surface area (Å²) in [4.78, 5) is 13.3. The molecule has 1 N–H and O–H groups in total. The van der Waals surface area contributed by atoms with Crippen molar-refractivity contribution in [3.63, 3.8) is 0 Å². The number of likely N-dealkylation sites (tertiary alicyclic amines) is 1. The van der Waals surface area contributed by atoms with Gasteiger partial charge in [-0.25, -0.2) is 4.39 Å². The molecule has 2 fully saturated rings. The molecule has 5 heteroatoms. The molecule has 18 heavy (non-hydrogen) atoms. The third-order valence-corrected chi connectivity index (χ3v) is 3.47. The first kappa shape index (κ1) is 11.6. The zero-order valence-electron chi connectivity index (χ0n) is 9.93. The molecular formula is C13H15FN2O2. The highest BCUT2D eigenvalue weighted by Crippen LogP contribution is 2.19. The van der Waals surface area contributed by atoms with Crippen LogP contribution in [-0.4, -0.2) is 42.6 Å². The van der Waals surface area contributed by atoms with Crippen molar-refractivity contribution in [1.29, 1.82) is 0 Å². The largest absolute Gasteiger partial charge is 0.365 e. The summed E-state index contributed by atoms with van der Waals surface area (Å²) in [5, 5.41) is 2.91. The Kier molecular flexibility index (Phi) is 3.01. The molecule has 1 aromatic carbocycles. The Bertz CT molecular complexity index is 466. The second-order valence-corrected chi connectivity index (χ2v) is 4.81. The van der Waals surface area contributed by atoms with Crippen molar-refractivity contribution in [1.82, 2.24) is 10.2 Å². The Morgan fingerprint density at radius 3 is 3.06 bits per heavy atom. The molecule has 4 nitrogen and oxygen atoms in total. The number of morpholine rings is 1. The van der Waals surface area contributed by atoms with Gasteiger partial charge in [-0.2, -0.15) is 0 Å². The lowest BCUT2D eigenvalue weighted by Gasteiger charge is -2.25. The maximum Gasteiger partial charge on any atom is 0.246 e. The number of benzene rings is 1. The highest BCUT2D eigenvalue weighted by molar-refractivity contribution is 5.78. The van der Waals surface area contributed by atoms with Gasteiger partial charge in [0.2, 0.25) is 5.91 Å². The minimum Gasteiger partial charge on any atom is -0.365 e. The van der Waals surface area contributed by atoms with Crippen LogP contribution >= 0.6 is 0 Å². The monoisotopic (exact) mass is 250 g/mol. The summed E-state index contributed by atoms with van der Waals surface area (Å²) in [5.74, 6) is -0.249. The molecule has 0 unspecified atom stereocenters. The van der Waals surface area contributed by atoms with Crippen molar-refractivity contribution < 1.29 is 13.9 Å². The van der Waals surface area contributed by atoms with Crippen molar-refractivity contribution in [2.75, 3.05) is 19.7 Å². The molecule has 2 atom stereocenters. The minimum absolute atomic E-state index is 0.0365. The topological polar surface area (TPSA) is 41.6 Å². The summed E-state index contributed by atoms with van der Waals surface area (Å²) in [6.07, 6.45) is 0.0365. The molecule has 1 aromatic rings. The van der Waals surface area contributed by atoms with Gasteiger partial charge >= 0.3 is 0 Å². The Morgan fingerprint density at radius 1 is 1.39 bits per heavy atom. The van der Waals surface area contributed by atoms with Crippen LogP contribution in [0.1, 0.15) is 5.56 Å². The highest BCUT2D eigenvalue weighted by Gasteiger charge is 2.37. The number of nitrogens with one attached hydrogen (secondary N) is 1. The fraction of sp³-hybridized carbons (Fsp3) is 0.462. The van der Waals surface area contributed by atoms with Gasteiger partial charge in [0, 0.05) is 25.2 Å². The van der Waals surface area contributed by atoms with Gasteiger partial charge in [-0.05, 0) is 6.07 Å². The molecule has 2 aliphatic rings. The third-order valence-electron chi connectivity index (χ3n) is 3.47. The lowest BCUT2D eigenvalue weighted by molar-refractivity contribution is -0.134. The van der Waals surface area contributed by atoms with Gasteiger partial charge in [0.15, 0.2) is 0 Å². The summed E-state index contributed by atoms with van der Waals surface area (Å²) < 4.78 is 19.0. The molecule has 1 amide bonds. The first-order valence-corrected chi connectivity index (χ1v) is 6.09. The van der Waals surface area contributed by atoms with Crippen molar-refractivity contribution in [2.24, 2.45) is 0 Å². The van der Waals surface area contributed by atoms with Crippen LogP contribution in [0.2, 0.25) is 0 Å². The number of ether oxygens (including phenoxy) is 1. The van der Waals surface area contributed by atoms with E-state index in [0.29, 0.717) is 18.7 Å². The van der Waals surface area contributed by atoms with Crippen molar-refractivity contribution in [3.8, 4) is 0 Å². The summed E-state index contributed by atoms with van der Waals surface area (Å²) in [6.45, 7) is 2.14. The maximum atomic E-state index is 13.5. The number of carbonyl (C=O) groups is 1. The van der Waals surface area contributed by atoms with E-state index in [4.69, 9.17) is 4.74 Å². The summed E-state index contributed by atoms with van der Waals surface area (Å²) in [5.41, 5.74) is 0.683.